The second-order valence-electron chi connectivity index (χ2n) is 3.60. The topological polar surface area (TPSA) is 80.9 Å². The van der Waals surface area contributed by atoms with Crippen LogP contribution in [0.1, 0.15) is 10.6 Å². The molecule has 19 heavy (non-hydrogen) atoms. The first-order chi connectivity index (χ1) is 9.33. The van der Waals surface area contributed by atoms with Crippen LogP contribution in [-0.2, 0) is 0 Å². The Morgan fingerprint density at radius 3 is 2.79 bits per heavy atom. The number of anilines is 1. The number of hydrogen-bond donors (Lipinski definition) is 1. The third kappa shape index (κ3) is 2.50. The number of carbonyl (C=O) groups excluding carboxylic acids is 1. The number of thiazole rings is 1. The van der Waals surface area contributed by atoms with Gasteiger partial charge in [-0.05, 0) is 12.1 Å². The monoisotopic (exact) mass is 272 g/mol. The molecule has 1 amide bonds. The Morgan fingerprint density at radius 2 is 2.05 bits per heavy atom. The summed E-state index contributed by atoms with van der Waals surface area (Å²) in [6.07, 6.45) is 4.81. The van der Waals surface area contributed by atoms with Crippen molar-refractivity contribution >= 4 is 22.4 Å². The molecule has 0 aliphatic rings. The van der Waals surface area contributed by atoms with Crippen molar-refractivity contribution in [1.29, 1.82) is 0 Å². The normalized spacial score (nSPS) is 10.3. The first-order valence-electron chi connectivity index (χ1n) is 5.41. The van der Waals surface area contributed by atoms with Gasteiger partial charge in [-0.25, -0.2) is 4.98 Å². The van der Waals surface area contributed by atoms with Crippen LogP contribution in [0.5, 0.6) is 0 Å². The smallest absolute Gasteiger partial charge is 0.296 e. The Morgan fingerprint density at radius 1 is 1.21 bits per heavy atom. The number of carbonyl (C=O) groups is 1. The molecule has 0 saturated carbocycles. The molecule has 1 N–H and O–H groups in total. The summed E-state index contributed by atoms with van der Waals surface area (Å²) in [4.78, 5) is 20.0. The molecule has 0 aliphatic heterocycles. The zero-order chi connectivity index (χ0) is 13.1. The first kappa shape index (κ1) is 11.5. The number of amides is 1. The van der Waals surface area contributed by atoms with E-state index in [9.17, 15) is 4.79 Å². The van der Waals surface area contributed by atoms with Crippen LogP contribution >= 0.6 is 11.3 Å². The maximum absolute atomic E-state index is 11.7. The lowest BCUT2D eigenvalue weighted by molar-refractivity contribution is 0.0988. The van der Waals surface area contributed by atoms with Crippen molar-refractivity contribution in [3.8, 4) is 11.3 Å². The van der Waals surface area contributed by atoms with Gasteiger partial charge in [0.2, 0.25) is 5.76 Å². The maximum Gasteiger partial charge on any atom is 0.296 e. The summed E-state index contributed by atoms with van der Waals surface area (Å²) < 4.78 is 4.77. The van der Waals surface area contributed by atoms with E-state index in [-0.39, 0.29) is 11.7 Å². The van der Waals surface area contributed by atoms with Crippen molar-refractivity contribution in [1.82, 2.24) is 15.1 Å². The molecule has 0 aromatic carbocycles. The Bertz CT molecular complexity index is 679. The van der Waals surface area contributed by atoms with Crippen LogP contribution in [0, 0.1) is 0 Å². The molecule has 0 bridgehead atoms. The van der Waals surface area contributed by atoms with Gasteiger partial charge in [-0.1, -0.05) is 5.16 Å². The standard InChI is InChI=1S/C12H8N4O2S/c17-11(10-3-6-14-18-10)16-12-15-9(7-19-12)8-1-4-13-5-2-8/h1-7H,(H,15,16,17). The highest BCUT2D eigenvalue weighted by molar-refractivity contribution is 7.14. The van der Waals surface area contributed by atoms with E-state index in [1.54, 1.807) is 12.4 Å². The van der Waals surface area contributed by atoms with E-state index >= 15 is 0 Å². The molecule has 3 aromatic heterocycles. The minimum atomic E-state index is -0.367. The van der Waals surface area contributed by atoms with E-state index in [0.717, 1.165) is 11.3 Å². The van der Waals surface area contributed by atoms with Gasteiger partial charge in [0.15, 0.2) is 5.13 Å². The first-order valence-corrected chi connectivity index (χ1v) is 6.29. The van der Waals surface area contributed by atoms with E-state index in [2.05, 4.69) is 20.4 Å². The van der Waals surface area contributed by atoms with E-state index in [0.29, 0.717) is 5.13 Å². The maximum atomic E-state index is 11.7. The minimum Gasteiger partial charge on any atom is -0.351 e. The van der Waals surface area contributed by atoms with Crippen LogP contribution in [0.15, 0.2) is 46.7 Å². The summed E-state index contributed by atoms with van der Waals surface area (Å²) in [5.74, 6) is -0.214. The summed E-state index contributed by atoms with van der Waals surface area (Å²) in [5, 5.41) is 8.51. The van der Waals surface area contributed by atoms with Crippen molar-refractivity contribution in [3.63, 3.8) is 0 Å². The lowest BCUT2D eigenvalue weighted by Gasteiger charge is -1.97. The molecule has 6 nitrogen and oxygen atoms in total. The number of aromatic nitrogens is 3. The molecule has 94 valence electrons. The van der Waals surface area contributed by atoms with E-state index in [4.69, 9.17) is 4.52 Å². The average Bonchev–Trinajstić information content (AvgIpc) is 3.11. The Labute approximate surface area is 112 Å². The highest BCUT2D eigenvalue weighted by Crippen LogP contribution is 2.24. The average molecular weight is 272 g/mol. The summed E-state index contributed by atoms with van der Waals surface area (Å²) >= 11 is 1.34. The van der Waals surface area contributed by atoms with Crippen molar-refractivity contribution in [2.45, 2.75) is 0 Å². The molecular formula is C12H8N4O2S. The molecule has 0 radical (unpaired) electrons. The van der Waals surface area contributed by atoms with Gasteiger partial charge in [-0.15, -0.1) is 11.3 Å². The van der Waals surface area contributed by atoms with E-state index in [1.165, 1.54) is 23.6 Å². The van der Waals surface area contributed by atoms with Crippen LogP contribution in [0.25, 0.3) is 11.3 Å². The van der Waals surface area contributed by atoms with Gasteiger partial charge in [0.1, 0.15) is 0 Å². The van der Waals surface area contributed by atoms with Gasteiger partial charge < -0.3 is 4.52 Å². The molecule has 3 heterocycles. The highest BCUT2D eigenvalue weighted by atomic mass is 32.1. The number of nitrogens with zero attached hydrogens (tertiary/aromatic N) is 3. The number of nitrogens with one attached hydrogen (secondary N) is 1. The van der Waals surface area contributed by atoms with Gasteiger partial charge in [0.05, 0.1) is 11.9 Å². The fourth-order valence-electron chi connectivity index (χ4n) is 1.48. The predicted molar refractivity (Wildman–Crippen MR) is 69.8 cm³/mol. The fraction of sp³-hybridized carbons (Fsp3) is 0. The van der Waals surface area contributed by atoms with E-state index < -0.39 is 0 Å². The van der Waals surface area contributed by atoms with Gasteiger partial charge in [0.25, 0.3) is 5.91 Å². The fourth-order valence-corrected chi connectivity index (χ4v) is 2.19. The second-order valence-corrected chi connectivity index (χ2v) is 4.46. The lowest BCUT2D eigenvalue weighted by Crippen LogP contribution is -2.10. The minimum absolute atomic E-state index is 0.153. The zero-order valence-corrected chi connectivity index (χ0v) is 10.4. The molecule has 0 saturated heterocycles. The van der Waals surface area contributed by atoms with Crippen molar-refractivity contribution in [3.05, 3.63) is 47.9 Å². The SMILES string of the molecule is O=C(Nc1nc(-c2ccncc2)cs1)c1ccno1. The van der Waals surface area contributed by atoms with Crippen LogP contribution in [-0.4, -0.2) is 21.0 Å². The predicted octanol–water partition coefficient (Wildman–Crippen LogP) is 2.45. The number of pyridine rings is 1. The van der Waals surface area contributed by atoms with Crippen LogP contribution in [0.3, 0.4) is 0 Å². The molecular weight excluding hydrogens is 264 g/mol. The van der Waals surface area contributed by atoms with E-state index in [1.807, 2.05) is 17.5 Å². The van der Waals surface area contributed by atoms with Crippen molar-refractivity contribution in [2.75, 3.05) is 5.32 Å². The van der Waals surface area contributed by atoms with Crippen molar-refractivity contribution < 1.29 is 9.32 Å². The second kappa shape index (κ2) is 4.99. The van der Waals surface area contributed by atoms with Crippen LogP contribution < -0.4 is 5.32 Å². The molecule has 3 aromatic rings. The number of rotatable bonds is 3. The lowest BCUT2D eigenvalue weighted by atomic mass is 10.2. The zero-order valence-electron chi connectivity index (χ0n) is 9.61. The molecule has 0 spiro atoms. The molecule has 3 rings (SSSR count). The molecule has 0 unspecified atom stereocenters. The van der Waals surface area contributed by atoms with Gasteiger partial charge in [0, 0.05) is 29.4 Å². The molecule has 7 heteroatoms. The number of hydrogen-bond acceptors (Lipinski definition) is 6. The molecule has 0 fully saturated rings. The Hall–Kier alpha value is -2.54. The summed E-state index contributed by atoms with van der Waals surface area (Å²) in [6.45, 7) is 0. The third-order valence-electron chi connectivity index (χ3n) is 2.36. The Kier molecular flexibility index (Phi) is 3.03. The van der Waals surface area contributed by atoms with Gasteiger partial charge in [-0.3, -0.25) is 15.1 Å². The van der Waals surface area contributed by atoms with Gasteiger partial charge >= 0.3 is 0 Å². The molecule has 0 atom stereocenters. The van der Waals surface area contributed by atoms with Crippen molar-refractivity contribution in [2.24, 2.45) is 0 Å². The highest BCUT2D eigenvalue weighted by Gasteiger charge is 2.12. The Balaban J connectivity index is 1.77. The third-order valence-corrected chi connectivity index (χ3v) is 3.12. The quantitative estimate of drug-likeness (QED) is 0.792. The van der Waals surface area contributed by atoms with Crippen LogP contribution in [0.4, 0.5) is 5.13 Å². The summed E-state index contributed by atoms with van der Waals surface area (Å²) in [7, 11) is 0. The summed E-state index contributed by atoms with van der Waals surface area (Å²) in [6, 6.07) is 5.21. The van der Waals surface area contributed by atoms with Crippen LogP contribution in [0.2, 0.25) is 0 Å². The van der Waals surface area contributed by atoms with Gasteiger partial charge in [-0.2, -0.15) is 0 Å². The largest absolute Gasteiger partial charge is 0.351 e. The molecule has 0 aliphatic carbocycles. The summed E-state index contributed by atoms with van der Waals surface area (Å²) in [5.41, 5.74) is 1.74.